The molecule has 0 unspecified atom stereocenters. The Labute approximate surface area is 439 Å². The summed E-state index contributed by atoms with van der Waals surface area (Å²) in [5.41, 5.74) is 23.7. The lowest BCUT2D eigenvalue weighted by Crippen LogP contribution is -2.57. The van der Waals surface area contributed by atoms with Gasteiger partial charge in [-0.2, -0.15) is 0 Å². The van der Waals surface area contributed by atoms with Crippen LogP contribution in [0.1, 0.15) is 77.6 Å². The molecule has 4 heterocycles. The zero-order chi connectivity index (χ0) is 49.7. The number of anilines is 6. The Bertz CT molecular complexity index is 3880. The molecule has 1 aromatic heterocycles. The summed E-state index contributed by atoms with van der Waals surface area (Å²) in [4.78, 5) is 10.4. The third kappa shape index (κ3) is 6.69. The summed E-state index contributed by atoms with van der Waals surface area (Å²) in [5.74, 6) is 0. The number of fused-ring (bicyclic) bond motifs is 11. The van der Waals surface area contributed by atoms with Crippen LogP contribution in [-0.2, 0) is 16.2 Å². The standard InChI is InChI=1S/C67H56BN3S2/c1-65(2,3)42-32-33-54(48(34-42)41-22-12-9-13-23-41)70-55-40-60-59(72-57-30-20-21-31-58(57)73-60)39-53(55)68-62-49(35-43(36-56(62)70)66(4,5)6)50-37-46(69(44-24-14-10-15-25-44)45-26-16-11-17-27-45)38-51-61-64(71(68)63(50)51)47-28-18-19-29-52(47)67(61,7)8/h9-40H,1-8H3. The van der Waals surface area contributed by atoms with Crippen LogP contribution >= 0.6 is 23.5 Å². The highest BCUT2D eigenvalue weighted by atomic mass is 32.2. The molecule has 73 heavy (non-hydrogen) atoms. The molecule has 9 aromatic carbocycles. The molecule has 0 bridgehead atoms. The Morgan fingerprint density at radius 3 is 1.71 bits per heavy atom. The van der Waals surface area contributed by atoms with Crippen molar-refractivity contribution < 1.29 is 0 Å². The lowest BCUT2D eigenvalue weighted by Gasteiger charge is -2.43. The summed E-state index contributed by atoms with van der Waals surface area (Å²) in [6, 6.07) is 73.7. The van der Waals surface area contributed by atoms with Gasteiger partial charge in [-0.1, -0.05) is 194 Å². The van der Waals surface area contributed by atoms with E-state index in [9.17, 15) is 0 Å². The molecule has 0 saturated carbocycles. The van der Waals surface area contributed by atoms with Crippen molar-refractivity contribution in [2.75, 3.05) is 9.80 Å². The summed E-state index contributed by atoms with van der Waals surface area (Å²) < 4.78 is 2.81. The van der Waals surface area contributed by atoms with Crippen molar-refractivity contribution in [3.8, 4) is 33.5 Å². The van der Waals surface area contributed by atoms with E-state index in [1.54, 1.807) is 0 Å². The van der Waals surface area contributed by atoms with Crippen LogP contribution in [0.25, 0.3) is 44.4 Å². The van der Waals surface area contributed by atoms with Gasteiger partial charge in [-0.15, -0.1) is 0 Å². The van der Waals surface area contributed by atoms with E-state index in [1.807, 2.05) is 23.5 Å². The molecule has 0 atom stereocenters. The van der Waals surface area contributed by atoms with Gasteiger partial charge in [0.05, 0.1) is 5.69 Å². The van der Waals surface area contributed by atoms with Crippen LogP contribution in [-0.4, -0.2) is 11.3 Å². The molecule has 4 aliphatic rings. The van der Waals surface area contributed by atoms with Crippen molar-refractivity contribution in [3.63, 3.8) is 0 Å². The highest BCUT2D eigenvalue weighted by Gasteiger charge is 2.49. The minimum atomic E-state index is -0.263. The molecule has 0 spiro atoms. The predicted octanol–water partition coefficient (Wildman–Crippen LogP) is 17.7. The number of benzene rings is 9. The van der Waals surface area contributed by atoms with Crippen molar-refractivity contribution >= 4 is 86.3 Å². The van der Waals surface area contributed by atoms with Gasteiger partial charge in [-0.3, -0.25) is 0 Å². The highest BCUT2D eigenvalue weighted by Crippen LogP contribution is 2.59. The van der Waals surface area contributed by atoms with E-state index in [2.05, 4.69) is 264 Å². The minimum Gasteiger partial charge on any atom is -0.375 e. The largest absolute Gasteiger partial charge is 0.375 e. The smallest absolute Gasteiger partial charge is 0.333 e. The van der Waals surface area contributed by atoms with Gasteiger partial charge < -0.3 is 14.3 Å². The third-order valence-corrected chi connectivity index (χ3v) is 18.6. The number of aromatic nitrogens is 1. The van der Waals surface area contributed by atoms with Crippen molar-refractivity contribution in [2.24, 2.45) is 0 Å². The molecule has 0 N–H and O–H groups in total. The lowest BCUT2D eigenvalue weighted by molar-refractivity contribution is 0.590. The Hall–Kier alpha value is -7.12. The molecule has 1 aliphatic carbocycles. The van der Waals surface area contributed by atoms with E-state index < -0.39 is 0 Å². The minimum absolute atomic E-state index is 0.0440. The maximum atomic E-state index is 2.81. The maximum absolute atomic E-state index is 2.81. The molecule has 10 aromatic rings. The first kappa shape index (κ1) is 44.6. The van der Waals surface area contributed by atoms with E-state index in [0.717, 1.165) is 17.1 Å². The van der Waals surface area contributed by atoms with Crippen LogP contribution in [0.15, 0.2) is 214 Å². The quantitative estimate of drug-likeness (QED) is 0.159. The zero-order valence-corrected chi connectivity index (χ0v) is 44.3. The highest BCUT2D eigenvalue weighted by molar-refractivity contribution is 8.05. The van der Waals surface area contributed by atoms with E-state index >= 15 is 0 Å². The van der Waals surface area contributed by atoms with Gasteiger partial charge in [0.1, 0.15) is 0 Å². The summed E-state index contributed by atoms with van der Waals surface area (Å²) >= 11 is 3.83. The van der Waals surface area contributed by atoms with E-state index in [1.165, 1.54) is 114 Å². The van der Waals surface area contributed by atoms with Gasteiger partial charge in [0.25, 0.3) is 0 Å². The van der Waals surface area contributed by atoms with Crippen molar-refractivity contribution in [2.45, 2.75) is 91.2 Å². The summed E-state index contributed by atoms with van der Waals surface area (Å²) in [6.07, 6.45) is 0. The number of rotatable bonds is 5. The average molecular weight is 978 g/mol. The summed E-state index contributed by atoms with van der Waals surface area (Å²) in [7, 11) is 0. The Morgan fingerprint density at radius 1 is 0.466 bits per heavy atom. The van der Waals surface area contributed by atoms with Crippen LogP contribution in [0.3, 0.4) is 0 Å². The Kier molecular flexibility index (Phi) is 9.73. The number of hydrogen-bond donors (Lipinski definition) is 0. The normalized spacial score (nSPS) is 14.5. The molecule has 0 amide bonds. The van der Waals surface area contributed by atoms with Gasteiger partial charge >= 0.3 is 6.85 Å². The van der Waals surface area contributed by atoms with Crippen molar-refractivity contribution in [1.29, 1.82) is 0 Å². The topological polar surface area (TPSA) is 11.4 Å². The van der Waals surface area contributed by atoms with Gasteiger partial charge in [0, 0.05) is 86.7 Å². The molecule has 0 radical (unpaired) electrons. The van der Waals surface area contributed by atoms with Gasteiger partial charge in [0.15, 0.2) is 0 Å². The second-order valence-electron chi connectivity index (χ2n) is 23.0. The second kappa shape index (κ2) is 15.9. The number of para-hydroxylation sites is 2. The maximum Gasteiger partial charge on any atom is 0.333 e. The molecule has 0 fully saturated rings. The predicted molar refractivity (Wildman–Crippen MR) is 312 cm³/mol. The van der Waals surface area contributed by atoms with E-state index in [4.69, 9.17) is 0 Å². The molecular weight excluding hydrogens is 922 g/mol. The molecule has 3 nitrogen and oxygen atoms in total. The number of hydrogen-bond acceptors (Lipinski definition) is 4. The van der Waals surface area contributed by atoms with Crippen molar-refractivity contribution in [1.82, 2.24) is 4.48 Å². The van der Waals surface area contributed by atoms with Crippen LogP contribution in [0, 0.1) is 0 Å². The van der Waals surface area contributed by atoms with Crippen LogP contribution in [0.5, 0.6) is 0 Å². The molecule has 14 rings (SSSR count). The summed E-state index contributed by atoms with van der Waals surface area (Å²) in [5, 5.41) is 1.32. The van der Waals surface area contributed by atoms with Crippen LogP contribution < -0.4 is 20.7 Å². The molecule has 0 saturated heterocycles. The van der Waals surface area contributed by atoms with Gasteiger partial charge in [0.2, 0.25) is 0 Å². The lowest BCUT2D eigenvalue weighted by atomic mass is 9.44. The Balaban J connectivity index is 1.15. The van der Waals surface area contributed by atoms with Crippen LogP contribution in [0.2, 0.25) is 0 Å². The monoisotopic (exact) mass is 977 g/mol. The van der Waals surface area contributed by atoms with Gasteiger partial charge in [-0.05, 0) is 134 Å². The molecular formula is C67H56BN3S2. The zero-order valence-electron chi connectivity index (χ0n) is 42.7. The average Bonchev–Trinajstić information content (AvgIpc) is 3.86. The SMILES string of the molecule is CC(C)(C)c1ccc(N2c3cc4c(cc3B3c5c(cc(C(C)(C)C)cc52)-c2cc(N(c5ccccc5)c5ccccc5)cc5c6c(n3c25)-c2ccccc2C6(C)C)Sc2ccccc2S4)c(-c2ccccc2)c1. The fourth-order valence-corrected chi connectivity index (χ4v) is 14.8. The first-order valence-corrected chi connectivity index (χ1v) is 27.4. The molecule has 6 heteroatoms. The fraction of sp³-hybridized carbons (Fsp3) is 0.164. The fourth-order valence-electron chi connectivity index (χ4n) is 12.5. The molecule has 354 valence electrons. The van der Waals surface area contributed by atoms with Crippen LogP contribution in [0.4, 0.5) is 34.1 Å². The Morgan fingerprint density at radius 2 is 1.05 bits per heavy atom. The first-order chi connectivity index (χ1) is 35.2. The third-order valence-electron chi connectivity index (χ3n) is 16.0. The van der Waals surface area contributed by atoms with Crippen molar-refractivity contribution in [3.05, 3.63) is 216 Å². The number of nitrogens with zero attached hydrogens (tertiary/aromatic N) is 3. The first-order valence-electron chi connectivity index (χ1n) is 25.8. The molecule has 3 aliphatic heterocycles. The second-order valence-corrected chi connectivity index (χ2v) is 25.1. The van der Waals surface area contributed by atoms with Gasteiger partial charge in [-0.25, -0.2) is 0 Å². The summed E-state index contributed by atoms with van der Waals surface area (Å²) in [6.45, 7) is 18.9. The van der Waals surface area contributed by atoms with E-state index in [-0.39, 0.29) is 23.1 Å². The van der Waals surface area contributed by atoms with E-state index in [0.29, 0.717) is 0 Å².